The lowest BCUT2D eigenvalue weighted by Gasteiger charge is -2.05. The maximum atomic E-state index is 11.2. The summed E-state index contributed by atoms with van der Waals surface area (Å²) in [5.41, 5.74) is 0.408. The number of ether oxygens (including phenoxy) is 1. The van der Waals surface area contributed by atoms with Gasteiger partial charge in [-0.05, 0) is 17.7 Å². The Balaban J connectivity index is 2.47. The van der Waals surface area contributed by atoms with E-state index in [1.807, 2.05) is 5.32 Å². The maximum Gasteiger partial charge on any atom is 0.414 e. The molecule has 2 N–H and O–H groups in total. The van der Waals surface area contributed by atoms with Crippen molar-refractivity contribution in [3.63, 3.8) is 0 Å². The summed E-state index contributed by atoms with van der Waals surface area (Å²) in [5.74, 6) is -2.11. The van der Waals surface area contributed by atoms with Crippen LogP contribution >= 0.6 is 0 Å². The van der Waals surface area contributed by atoms with Crippen LogP contribution in [0.25, 0.3) is 0 Å². The van der Waals surface area contributed by atoms with Gasteiger partial charge in [-0.25, -0.2) is 4.79 Å². The van der Waals surface area contributed by atoms with E-state index in [1.54, 1.807) is 5.32 Å². The summed E-state index contributed by atoms with van der Waals surface area (Å²) in [6.45, 7) is -0.190. The van der Waals surface area contributed by atoms with Crippen LogP contribution in [0.3, 0.4) is 0 Å². The van der Waals surface area contributed by atoms with Gasteiger partial charge in [0.15, 0.2) is 0 Å². The van der Waals surface area contributed by atoms with Crippen LogP contribution in [0.1, 0.15) is 5.56 Å². The van der Waals surface area contributed by atoms with Gasteiger partial charge in [-0.3, -0.25) is 25.0 Å². The number of nitro groups is 1. The highest BCUT2D eigenvalue weighted by Gasteiger charge is 2.15. The molecule has 9 nitrogen and oxygen atoms in total. The van der Waals surface area contributed by atoms with Crippen molar-refractivity contribution >= 4 is 23.6 Å². The number of benzene rings is 1. The van der Waals surface area contributed by atoms with Crippen molar-refractivity contribution in [1.82, 2.24) is 10.6 Å². The van der Waals surface area contributed by atoms with Crippen molar-refractivity contribution in [2.45, 2.75) is 6.61 Å². The molecule has 0 radical (unpaired) electrons. The van der Waals surface area contributed by atoms with E-state index in [2.05, 4.69) is 4.74 Å². The van der Waals surface area contributed by atoms with Crippen LogP contribution in [-0.2, 0) is 20.9 Å². The molecule has 9 heteroatoms. The molecule has 0 saturated heterocycles. The third-order valence-corrected chi connectivity index (χ3v) is 2.17. The van der Waals surface area contributed by atoms with Crippen molar-refractivity contribution in [1.29, 1.82) is 0 Å². The monoisotopic (exact) mass is 281 g/mol. The average molecular weight is 281 g/mol. The van der Waals surface area contributed by atoms with Gasteiger partial charge in [0.25, 0.3) is 5.69 Å². The average Bonchev–Trinajstić information content (AvgIpc) is 2.44. The first-order valence-corrected chi connectivity index (χ1v) is 5.37. The highest BCUT2D eigenvalue weighted by Crippen LogP contribution is 2.12. The molecule has 0 heterocycles. The maximum absolute atomic E-state index is 11.2. The minimum absolute atomic E-state index is 0.0898. The second-order valence-electron chi connectivity index (χ2n) is 3.53. The number of rotatable bonds is 3. The molecule has 0 aromatic heterocycles. The summed E-state index contributed by atoms with van der Waals surface area (Å²) in [5, 5.41) is 14.2. The molecule has 0 atom stereocenters. The van der Waals surface area contributed by atoms with Gasteiger partial charge in [0.05, 0.1) is 4.92 Å². The molecule has 1 aromatic carbocycles. The molecule has 0 unspecified atom stereocenters. The number of nitrogens with zero attached hydrogens (tertiary/aromatic N) is 1. The summed E-state index contributed by atoms with van der Waals surface area (Å²) in [4.78, 5) is 42.9. The number of carbonyl (C=O) groups excluding carboxylic acids is 3. The Labute approximate surface area is 113 Å². The van der Waals surface area contributed by atoms with Crippen molar-refractivity contribution in [2.24, 2.45) is 0 Å². The van der Waals surface area contributed by atoms with Crippen molar-refractivity contribution in [2.75, 3.05) is 7.05 Å². The Kier molecular flexibility index (Phi) is 5.15. The van der Waals surface area contributed by atoms with Gasteiger partial charge in [0.1, 0.15) is 6.61 Å². The standard InChI is InChI=1S/C11H11N3O6/c1-12-9(15)10(16)13-11(17)20-6-7-2-4-8(5-3-7)14(18)19/h2-5H,6H2,1H3,(H,12,15)(H,13,16,17). The molecule has 106 valence electrons. The lowest BCUT2D eigenvalue weighted by atomic mass is 10.2. The number of hydrogen-bond acceptors (Lipinski definition) is 6. The third-order valence-electron chi connectivity index (χ3n) is 2.17. The van der Waals surface area contributed by atoms with E-state index in [0.717, 1.165) is 0 Å². The van der Waals surface area contributed by atoms with E-state index in [9.17, 15) is 24.5 Å². The Hall–Kier alpha value is -2.97. The lowest BCUT2D eigenvalue weighted by Crippen LogP contribution is -2.41. The van der Waals surface area contributed by atoms with Crippen molar-refractivity contribution < 1.29 is 24.0 Å². The number of hydrogen-bond donors (Lipinski definition) is 2. The lowest BCUT2D eigenvalue weighted by molar-refractivity contribution is -0.384. The van der Waals surface area contributed by atoms with Crippen LogP contribution in [-0.4, -0.2) is 29.9 Å². The number of nitrogens with one attached hydrogen (secondary N) is 2. The van der Waals surface area contributed by atoms with E-state index in [4.69, 9.17) is 0 Å². The highest BCUT2D eigenvalue weighted by atomic mass is 16.6. The summed E-state index contributed by atoms with van der Waals surface area (Å²) in [7, 11) is 1.24. The van der Waals surface area contributed by atoms with E-state index in [-0.39, 0.29) is 12.3 Å². The van der Waals surface area contributed by atoms with E-state index in [0.29, 0.717) is 5.56 Å². The number of non-ortho nitro benzene ring substituents is 1. The molecule has 3 amide bonds. The summed E-state index contributed by atoms with van der Waals surface area (Å²) >= 11 is 0. The predicted molar refractivity (Wildman–Crippen MR) is 65.5 cm³/mol. The van der Waals surface area contributed by atoms with E-state index >= 15 is 0 Å². The van der Waals surface area contributed by atoms with Gasteiger partial charge < -0.3 is 10.1 Å². The molecule has 1 aromatic rings. The first-order valence-electron chi connectivity index (χ1n) is 5.37. The fraction of sp³-hybridized carbons (Fsp3) is 0.182. The molecule has 0 aliphatic heterocycles. The van der Waals surface area contributed by atoms with Crippen LogP contribution in [0.4, 0.5) is 10.5 Å². The van der Waals surface area contributed by atoms with E-state index < -0.39 is 22.8 Å². The van der Waals surface area contributed by atoms with Crippen LogP contribution in [0.2, 0.25) is 0 Å². The molecule has 20 heavy (non-hydrogen) atoms. The zero-order chi connectivity index (χ0) is 15.1. The normalized spacial score (nSPS) is 9.45. The molecule has 0 spiro atoms. The number of carbonyl (C=O) groups is 3. The molecule has 1 rings (SSSR count). The zero-order valence-electron chi connectivity index (χ0n) is 10.4. The summed E-state index contributed by atoms with van der Waals surface area (Å²) in [6.07, 6.45) is -1.09. The first-order chi connectivity index (χ1) is 9.43. The molecule has 0 saturated carbocycles. The fourth-order valence-electron chi connectivity index (χ4n) is 1.16. The smallest absolute Gasteiger partial charge is 0.414 e. The largest absolute Gasteiger partial charge is 0.444 e. The second kappa shape index (κ2) is 6.83. The fourth-order valence-corrected chi connectivity index (χ4v) is 1.16. The van der Waals surface area contributed by atoms with Crippen LogP contribution < -0.4 is 10.6 Å². The van der Waals surface area contributed by atoms with Crippen LogP contribution in [0.5, 0.6) is 0 Å². The number of likely N-dealkylation sites (N-methyl/N-ethyl adjacent to an activating group) is 1. The topological polar surface area (TPSA) is 128 Å². The quantitative estimate of drug-likeness (QED) is 0.459. The Morgan fingerprint density at radius 3 is 2.30 bits per heavy atom. The Morgan fingerprint density at radius 1 is 1.20 bits per heavy atom. The van der Waals surface area contributed by atoms with Crippen LogP contribution in [0.15, 0.2) is 24.3 Å². The molecule has 0 bridgehead atoms. The summed E-state index contributed by atoms with van der Waals surface area (Å²) < 4.78 is 4.67. The molecule has 0 aliphatic carbocycles. The molecular weight excluding hydrogens is 270 g/mol. The van der Waals surface area contributed by atoms with Gasteiger partial charge in [-0.1, -0.05) is 0 Å². The SMILES string of the molecule is CNC(=O)C(=O)NC(=O)OCc1ccc([N+](=O)[O-])cc1. The van der Waals surface area contributed by atoms with Gasteiger partial charge in [-0.15, -0.1) is 0 Å². The minimum Gasteiger partial charge on any atom is -0.444 e. The van der Waals surface area contributed by atoms with E-state index in [1.165, 1.54) is 31.3 Å². The van der Waals surface area contributed by atoms with Crippen molar-refractivity contribution in [3.05, 3.63) is 39.9 Å². The van der Waals surface area contributed by atoms with Crippen LogP contribution in [0, 0.1) is 10.1 Å². The number of imide groups is 1. The second-order valence-corrected chi connectivity index (χ2v) is 3.53. The predicted octanol–water partition coefficient (Wildman–Crippen LogP) is 0.0936. The minimum atomic E-state index is -1.14. The number of nitro benzene ring substituents is 1. The van der Waals surface area contributed by atoms with Crippen molar-refractivity contribution in [3.8, 4) is 0 Å². The molecular formula is C11H11N3O6. The number of alkyl carbamates (subject to hydrolysis) is 1. The van der Waals surface area contributed by atoms with Gasteiger partial charge in [-0.2, -0.15) is 0 Å². The Bertz CT molecular complexity index is 540. The highest BCUT2D eigenvalue weighted by molar-refractivity contribution is 6.37. The molecule has 0 aliphatic rings. The molecule has 0 fully saturated rings. The third kappa shape index (κ3) is 4.37. The first kappa shape index (κ1) is 15.1. The van der Waals surface area contributed by atoms with Gasteiger partial charge >= 0.3 is 17.9 Å². The van der Waals surface area contributed by atoms with Gasteiger partial charge in [0.2, 0.25) is 0 Å². The zero-order valence-corrected chi connectivity index (χ0v) is 10.4. The van der Waals surface area contributed by atoms with Gasteiger partial charge in [0, 0.05) is 19.2 Å². The number of amides is 3. The summed E-state index contributed by atoms with van der Waals surface area (Å²) in [6, 6.07) is 5.33. The Morgan fingerprint density at radius 2 is 1.80 bits per heavy atom.